The molecular formula is C14H27NO2. The van der Waals surface area contributed by atoms with Crippen LogP contribution in [0.4, 0.5) is 0 Å². The summed E-state index contributed by atoms with van der Waals surface area (Å²) in [5.74, 6) is 0. The Labute approximate surface area is 105 Å². The maximum Gasteiger partial charge on any atom is 0.0588 e. The van der Waals surface area contributed by atoms with E-state index in [2.05, 4.69) is 4.90 Å². The van der Waals surface area contributed by atoms with Gasteiger partial charge in [-0.1, -0.05) is 19.3 Å². The molecule has 2 aliphatic rings. The van der Waals surface area contributed by atoms with Gasteiger partial charge in [0.05, 0.1) is 12.7 Å². The summed E-state index contributed by atoms with van der Waals surface area (Å²) in [5, 5.41) is 9.19. The van der Waals surface area contributed by atoms with Crippen LogP contribution >= 0.6 is 0 Å². The molecule has 0 amide bonds. The van der Waals surface area contributed by atoms with Crippen LogP contribution in [0.2, 0.25) is 0 Å². The van der Waals surface area contributed by atoms with Crippen LogP contribution in [-0.4, -0.2) is 48.5 Å². The number of aliphatic hydroxyl groups is 1. The SMILES string of the molecule is OCCN(CCC1CCCO1)C1CCCCC1. The average Bonchev–Trinajstić information content (AvgIpc) is 2.88. The van der Waals surface area contributed by atoms with Crippen LogP contribution in [0.5, 0.6) is 0 Å². The van der Waals surface area contributed by atoms with E-state index in [0.717, 1.165) is 32.2 Å². The minimum atomic E-state index is 0.294. The first-order chi connectivity index (χ1) is 8.40. The van der Waals surface area contributed by atoms with Gasteiger partial charge in [-0.2, -0.15) is 0 Å². The summed E-state index contributed by atoms with van der Waals surface area (Å²) in [4.78, 5) is 2.50. The Kier molecular flexibility index (Phi) is 5.75. The normalized spacial score (nSPS) is 26.8. The molecule has 0 bridgehead atoms. The van der Waals surface area contributed by atoms with Crippen molar-refractivity contribution in [3.63, 3.8) is 0 Å². The lowest BCUT2D eigenvalue weighted by molar-refractivity contribution is 0.0707. The Morgan fingerprint density at radius 1 is 1.00 bits per heavy atom. The topological polar surface area (TPSA) is 32.7 Å². The molecule has 1 N–H and O–H groups in total. The zero-order chi connectivity index (χ0) is 11.9. The van der Waals surface area contributed by atoms with Crippen LogP contribution < -0.4 is 0 Å². The smallest absolute Gasteiger partial charge is 0.0588 e. The van der Waals surface area contributed by atoms with Gasteiger partial charge in [-0.3, -0.25) is 4.90 Å². The summed E-state index contributed by atoms with van der Waals surface area (Å²) in [6, 6.07) is 0.720. The fourth-order valence-electron chi connectivity index (χ4n) is 3.23. The number of hydrogen-bond acceptors (Lipinski definition) is 3. The highest BCUT2D eigenvalue weighted by atomic mass is 16.5. The first kappa shape index (κ1) is 13.3. The molecule has 1 heterocycles. The van der Waals surface area contributed by atoms with Crippen LogP contribution in [0.1, 0.15) is 51.4 Å². The summed E-state index contributed by atoms with van der Waals surface area (Å²) in [6.45, 7) is 3.20. The van der Waals surface area contributed by atoms with E-state index >= 15 is 0 Å². The van der Waals surface area contributed by atoms with Gasteiger partial charge in [0.2, 0.25) is 0 Å². The van der Waals surface area contributed by atoms with E-state index in [0.29, 0.717) is 12.7 Å². The predicted octanol–water partition coefficient (Wildman–Crippen LogP) is 2.18. The molecular weight excluding hydrogens is 214 g/mol. The molecule has 2 rings (SSSR count). The molecule has 0 radical (unpaired) electrons. The summed E-state index contributed by atoms with van der Waals surface area (Å²) in [5.41, 5.74) is 0. The second kappa shape index (κ2) is 7.34. The quantitative estimate of drug-likeness (QED) is 0.773. The van der Waals surface area contributed by atoms with Crippen molar-refractivity contribution >= 4 is 0 Å². The molecule has 3 heteroatoms. The number of nitrogens with zero attached hydrogens (tertiary/aromatic N) is 1. The van der Waals surface area contributed by atoms with E-state index in [1.807, 2.05) is 0 Å². The Bertz CT molecular complexity index is 198. The van der Waals surface area contributed by atoms with E-state index in [9.17, 15) is 5.11 Å². The van der Waals surface area contributed by atoms with Gasteiger partial charge in [-0.05, 0) is 32.1 Å². The van der Waals surface area contributed by atoms with Gasteiger partial charge in [0, 0.05) is 25.7 Å². The van der Waals surface area contributed by atoms with E-state index in [1.165, 1.54) is 44.9 Å². The van der Waals surface area contributed by atoms with E-state index < -0.39 is 0 Å². The third-order valence-electron chi connectivity index (χ3n) is 4.24. The largest absolute Gasteiger partial charge is 0.395 e. The molecule has 1 aliphatic carbocycles. The van der Waals surface area contributed by atoms with Crippen LogP contribution in [0.15, 0.2) is 0 Å². The fraction of sp³-hybridized carbons (Fsp3) is 1.00. The Morgan fingerprint density at radius 3 is 2.47 bits per heavy atom. The summed E-state index contributed by atoms with van der Waals surface area (Å²) >= 11 is 0. The Balaban J connectivity index is 1.74. The monoisotopic (exact) mass is 241 g/mol. The standard InChI is InChI=1S/C14H27NO2/c16-11-10-15(13-5-2-1-3-6-13)9-8-14-7-4-12-17-14/h13-14,16H,1-12H2. The number of rotatable bonds is 6. The van der Waals surface area contributed by atoms with Crippen LogP contribution in [0.25, 0.3) is 0 Å². The van der Waals surface area contributed by atoms with Crippen LogP contribution in [0, 0.1) is 0 Å². The van der Waals surface area contributed by atoms with E-state index in [4.69, 9.17) is 4.74 Å². The zero-order valence-corrected chi connectivity index (χ0v) is 10.9. The van der Waals surface area contributed by atoms with Crippen LogP contribution in [-0.2, 0) is 4.74 Å². The molecule has 0 aromatic carbocycles. The van der Waals surface area contributed by atoms with Crippen molar-refractivity contribution in [2.24, 2.45) is 0 Å². The third-order valence-corrected chi connectivity index (χ3v) is 4.24. The fourth-order valence-corrected chi connectivity index (χ4v) is 3.23. The molecule has 1 atom stereocenters. The molecule has 2 fully saturated rings. The molecule has 1 unspecified atom stereocenters. The summed E-state index contributed by atoms with van der Waals surface area (Å²) in [7, 11) is 0. The maximum absolute atomic E-state index is 9.19. The molecule has 1 aliphatic heterocycles. The summed E-state index contributed by atoms with van der Waals surface area (Å²) in [6.07, 6.45) is 10.9. The number of hydrogen-bond donors (Lipinski definition) is 1. The van der Waals surface area contributed by atoms with Gasteiger partial charge >= 0.3 is 0 Å². The maximum atomic E-state index is 9.19. The second-order valence-corrected chi connectivity index (χ2v) is 5.48. The van der Waals surface area contributed by atoms with Crippen molar-refractivity contribution in [3.05, 3.63) is 0 Å². The molecule has 0 aromatic rings. The van der Waals surface area contributed by atoms with E-state index in [1.54, 1.807) is 0 Å². The molecule has 17 heavy (non-hydrogen) atoms. The average molecular weight is 241 g/mol. The predicted molar refractivity (Wildman–Crippen MR) is 69.1 cm³/mol. The van der Waals surface area contributed by atoms with Gasteiger partial charge in [0.1, 0.15) is 0 Å². The third kappa shape index (κ3) is 4.23. The van der Waals surface area contributed by atoms with Gasteiger partial charge in [-0.15, -0.1) is 0 Å². The zero-order valence-electron chi connectivity index (χ0n) is 10.9. The van der Waals surface area contributed by atoms with Crippen molar-refractivity contribution in [1.29, 1.82) is 0 Å². The van der Waals surface area contributed by atoms with Crippen molar-refractivity contribution < 1.29 is 9.84 Å². The van der Waals surface area contributed by atoms with Crippen LogP contribution in [0.3, 0.4) is 0 Å². The van der Waals surface area contributed by atoms with Crippen molar-refractivity contribution in [2.75, 3.05) is 26.3 Å². The van der Waals surface area contributed by atoms with Crippen molar-refractivity contribution in [3.8, 4) is 0 Å². The molecule has 0 spiro atoms. The highest BCUT2D eigenvalue weighted by molar-refractivity contribution is 4.77. The van der Waals surface area contributed by atoms with Gasteiger partial charge in [0.15, 0.2) is 0 Å². The highest BCUT2D eigenvalue weighted by Gasteiger charge is 2.22. The van der Waals surface area contributed by atoms with Crippen molar-refractivity contribution in [1.82, 2.24) is 4.90 Å². The minimum absolute atomic E-state index is 0.294. The summed E-state index contributed by atoms with van der Waals surface area (Å²) < 4.78 is 5.68. The lowest BCUT2D eigenvalue weighted by atomic mass is 9.94. The molecule has 3 nitrogen and oxygen atoms in total. The minimum Gasteiger partial charge on any atom is -0.395 e. The Morgan fingerprint density at radius 2 is 1.82 bits per heavy atom. The first-order valence-corrected chi connectivity index (χ1v) is 7.36. The molecule has 1 saturated carbocycles. The number of aliphatic hydroxyl groups excluding tert-OH is 1. The first-order valence-electron chi connectivity index (χ1n) is 7.36. The number of ether oxygens (including phenoxy) is 1. The van der Waals surface area contributed by atoms with Gasteiger partial charge in [-0.25, -0.2) is 0 Å². The molecule has 100 valence electrons. The van der Waals surface area contributed by atoms with Gasteiger partial charge in [0.25, 0.3) is 0 Å². The second-order valence-electron chi connectivity index (χ2n) is 5.48. The lowest BCUT2D eigenvalue weighted by Crippen LogP contribution is -2.40. The molecule has 1 saturated heterocycles. The molecule has 0 aromatic heterocycles. The van der Waals surface area contributed by atoms with Gasteiger partial charge < -0.3 is 9.84 Å². The Hall–Kier alpha value is -0.120. The van der Waals surface area contributed by atoms with Crippen molar-refractivity contribution in [2.45, 2.75) is 63.5 Å². The lowest BCUT2D eigenvalue weighted by Gasteiger charge is -2.34. The van der Waals surface area contributed by atoms with E-state index in [-0.39, 0.29) is 0 Å². The highest BCUT2D eigenvalue weighted by Crippen LogP contribution is 2.23.